The second-order valence-corrected chi connectivity index (χ2v) is 5.56. The van der Waals surface area contributed by atoms with Gasteiger partial charge in [-0.2, -0.15) is 0 Å². The molecule has 1 aromatic rings. The fourth-order valence-corrected chi connectivity index (χ4v) is 3.00. The van der Waals surface area contributed by atoms with Gasteiger partial charge in [-0.3, -0.25) is 4.79 Å². The molecule has 2 amide bonds. The van der Waals surface area contributed by atoms with E-state index in [1.165, 1.54) is 0 Å². The Hall–Kier alpha value is -2.24. The predicted molar refractivity (Wildman–Crippen MR) is 75.1 cm³/mol. The molecular weight excluding hydrogens is 272 g/mol. The Labute approximate surface area is 122 Å². The fourth-order valence-electron chi connectivity index (χ4n) is 3.00. The van der Waals surface area contributed by atoms with E-state index in [2.05, 4.69) is 10.6 Å². The number of amides is 2. The van der Waals surface area contributed by atoms with Gasteiger partial charge in [0.15, 0.2) is 0 Å². The third-order valence-electron chi connectivity index (χ3n) is 4.12. The highest BCUT2D eigenvalue weighted by molar-refractivity contribution is 5.76. The van der Waals surface area contributed by atoms with E-state index in [0.717, 1.165) is 11.3 Å². The molecule has 1 aliphatic heterocycles. The largest absolute Gasteiger partial charge is 0.491 e. The average Bonchev–Trinajstić information content (AvgIpc) is 3.07. The zero-order valence-corrected chi connectivity index (χ0v) is 11.5. The molecule has 1 heterocycles. The molecule has 1 fully saturated rings. The topological polar surface area (TPSA) is 87.7 Å². The Bertz CT molecular complexity index is 560. The lowest BCUT2D eigenvalue weighted by atomic mass is 10.1. The zero-order valence-electron chi connectivity index (χ0n) is 11.5. The minimum atomic E-state index is -0.780. The number of aliphatic carboxylic acids is 1. The van der Waals surface area contributed by atoms with Crippen LogP contribution >= 0.6 is 0 Å². The van der Waals surface area contributed by atoms with Gasteiger partial charge in [0, 0.05) is 11.6 Å². The summed E-state index contributed by atoms with van der Waals surface area (Å²) in [5.74, 6) is -0.321. The molecule has 3 rings (SSSR count). The van der Waals surface area contributed by atoms with Crippen LogP contribution in [0.1, 0.15) is 30.9 Å². The highest BCUT2D eigenvalue weighted by Gasteiger charge is 2.31. The molecule has 0 spiro atoms. The SMILES string of the molecule is O=C(NC1CCC(C(=O)O)C1)NC1COc2ccccc21. The van der Waals surface area contributed by atoms with Crippen LogP contribution in [-0.4, -0.2) is 29.8 Å². The summed E-state index contributed by atoms with van der Waals surface area (Å²) in [6.07, 6.45) is 1.83. The summed E-state index contributed by atoms with van der Waals surface area (Å²) in [6.45, 7) is 0.426. The maximum atomic E-state index is 12.0. The van der Waals surface area contributed by atoms with Crippen LogP contribution in [0.4, 0.5) is 4.79 Å². The minimum absolute atomic E-state index is 0.0661. The Morgan fingerprint density at radius 3 is 2.76 bits per heavy atom. The molecule has 1 saturated carbocycles. The molecule has 3 unspecified atom stereocenters. The van der Waals surface area contributed by atoms with Crippen molar-refractivity contribution in [2.24, 2.45) is 5.92 Å². The molecule has 6 nitrogen and oxygen atoms in total. The first-order valence-corrected chi connectivity index (χ1v) is 7.15. The summed E-state index contributed by atoms with van der Waals surface area (Å²) in [5, 5.41) is 14.7. The van der Waals surface area contributed by atoms with E-state index in [9.17, 15) is 9.59 Å². The maximum Gasteiger partial charge on any atom is 0.315 e. The van der Waals surface area contributed by atoms with Crippen LogP contribution in [0.3, 0.4) is 0 Å². The third-order valence-corrected chi connectivity index (χ3v) is 4.12. The second kappa shape index (κ2) is 5.63. The van der Waals surface area contributed by atoms with Crippen molar-refractivity contribution in [2.75, 3.05) is 6.61 Å². The number of ether oxygens (including phenoxy) is 1. The summed E-state index contributed by atoms with van der Waals surface area (Å²) in [6, 6.07) is 7.13. The van der Waals surface area contributed by atoms with E-state index >= 15 is 0 Å². The number of rotatable bonds is 3. The second-order valence-electron chi connectivity index (χ2n) is 5.56. The number of benzene rings is 1. The van der Waals surface area contributed by atoms with Gasteiger partial charge in [0.25, 0.3) is 0 Å². The lowest BCUT2D eigenvalue weighted by Gasteiger charge is -2.16. The van der Waals surface area contributed by atoms with Gasteiger partial charge in [0.05, 0.1) is 12.0 Å². The van der Waals surface area contributed by atoms with Crippen molar-refractivity contribution in [3.8, 4) is 5.75 Å². The van der Waals surface area contributed by atoms with Gasteiger partial charge in [0.1, 0.15) is 12.4 Å². The third kappa shape index (κ3) is 2.94. The van der Waals surface area contributed by atoms with Crippen molar-refractivity contribution in [3.63, 3.8) is 0 Å². The zero-order chi connectivity index (χ0) is 14.8. The molecule has 0 bridgehead atoms. The minimum Gasteiger partial charge on any atom is -0.491 e. The number of carboxylic acid groups (broad SMARTS) is 1. The number of para-hydroxylation sites is 1. The fraction of sp³-hybridized carbons (Fsp3) is 0.467. The molecule has 3 atom stereocenters. The lowest BCUT2D eigenvalue weighted by molar-refractivity contribution is -0.141. The van der Waals surface area contributed by atoms with E-state index in [-0.39, 0.29) is 24.0 Å². The van der Waals surface area contributed by atoms with Crippen molar-refractivity contribution < 1.29 is 19.4 Å². The van der Waals surface area contributed by atoms with E-state index in [0.29, 0.717) is 25.9 Å². The summed E-state index contributed by atoms with van der Waals surface area (Å²) in [5.41, 5.74) is 0.975. The molecule has 0 radical (unpaired) electrons. The van der Waals surface area contributed by atoms with Crippen LogP contribution in [0, 0.1) is 5.92 Å². The van der Waals surface area contributed by atoms with Crippen LogP contribution < -0.4 is 15.4 Å². The molecule has 1 aliphatic carbocycles. The molecule has 6 heteroatoms. The molecular formula is C15H18N2O4. The van der Waals surface area contributed by atoms with Crippen molar-refractivity contribution in [1.82, 2.24) is 10.6 Å². The van der Waals surface area contributed by atoms with Crippen LogP contribution in [-0.2, 0) is 4.79 Å². The number of fused-ring (bicyclic) bond motifs is 1. The van der Waals surface area contributed by atoms with Crippen molar-refractivity contribution >= 4 is 12.0 Å². The lowest BCUT2D eigenvalue weighted by Crippen LogP contribution is -2.43. The van der Waals surface area contributed by atoms with Gasteiger partial charge in [-0.1, -0.05) is 18.2 Å². The highest BCUT2D eigenvalue weighted by atomic mass is 16.5. The van der Waals surface area contributed by atoms with E-state index in [4.69, 9.17) is 9.84 Å². The molecule has 0 saturated heterocycles. The molecule has 2 aliphatic rings. The molecule has 3 N–H and O–H groups in total. The van der Waals surface area contributed by atoms with E-state index in [1.54, 1.807) is 0 Å². The summed E-state index contributed by atoms with van der Waals surface area (Å²) < 4.78 is 5.51. The number of carbonyl (C=O) groups excluding carboxylic acids is 1. The predicted octanol–water partition coefficient (Wildman–Crippen LogP) is 1.67. The van der Waals surface area contributed by atoms with Crippen LogP contribution in [0.15, 0.2) is 24.3 Å². The normalized spacial score (nSPS) is 26.8. The first kappa shape index (κ1) is 13.7. The van der Waals surface area contributed by atoms with Gasteiger partial charge in [-0.25, -0.2) is 4.79 Å². The van der Waals surface area contributed by atoms with E-state index < -0.39 is 5.97 Å². The van der Waals surface area contributed by atoms with Crippen LogP contribution in [0.5, 0.6) is 5.75 Å². The standard InChI is InChI=1S/C15H18N2O4/c18-14(19)9-5-6-10(7-9)16-15(20)17-12-8-21-13-4-2-1-3-11(12)13/h1-4,9-10,12H,5-8H2,(H,18,19)(H2,16,17,20). The number of carboxylic acids is 1. The molecule has 21 heavy (non-hydrogen) atoms. The molecule has 1 aromatic carbocycles. The van der Waals surface area contributed by atoms with Gasteiger partial charge >= 0.3 is 12.0 Å². The number of hydrogen-bond donors (Lipinski definition) is 3. The summed E-state index contributed by atoms with van der Waals surface area (Å²) in [7, 11) is 0. The number of hydrogen-bond acceptors (Lipinski definition) is 3. The van der Waals surface area contributed by atoms with Crippen LogP contribution in [0.2, 0.25) is 0 Å². The van der Waals surface area contributed by atoms with Crippen LogP contribution in [0.25, 0.3) is 0 Å². The monoisotopic (exact) mass is 290 g/mol. The Morgan fingerprint density at radius 2 is 2.00 bits per heavy atom. The summed E-state index contributed by atoms with van der Waals surface area (Å²) in [4.78, 5) is 22.9. The first-order chi connectivity index (χ1) is 10.1. The summed E-state index contributed by atoms with van der Waals surface area (Å²) >= 11 is 0. The number of nitrogens with one attached hydrogen (secondary N) is 2. The Kier molecular flexibility index (Phi) is 3.68. The van der Waals surface area contributed by atoms with Gasteiger partial charge in [-0.15, -0.1) is 0 Å². The van der Waals surface area contributed by atoms with Crippen molar-refractivity contribution in [1.29, 1.82) is 0 Å². The number of carbonyl (C=O) groups is 2. The van der Waals surface area contributed by atoms with E-state index in [1.807, 2.05) is 24.3 Å². The average molecular weight is 290 g/mol. The maximum absolute atomic E-state index is 12.0. The smallest absolute Gasteiger partial charge is 0.315 e. The van der Waals surface area contributed by atoms with Gasteiger partial charge < -0.3 is 20.5 Å². The first-order valence-electron chi connectivity index (χ1n) is 7.15. The quantitative estimate of drug-likeness (QED) is 0.790. The van der Waals surface area contributed by atoms with Crippen molar-refractivity contribution in [2.45, 2.75) is 31.3 Å². The number of urea groups is 1. The Balaban J connectivity index is 1.53. The molecule has 112 valence electrons. The molecule has 0 aromatic heterocycles. The Morgan fingerprint density at radius 1 is 1.19 bits per heavy atom. The van der Waals surface area contributed by atoms with Gasteiger partial charge in [-0.05, 0) is 25.3 Å². The van der Waals surface area contributed by atoms with Gasteiger partial charge in [0.2, 0.25) is 0 Å². The highest BCUT2D eigenvalue weighted by Crippen LogP contribution is 2.31. The van der Waals surface area contributed by atoms with Crippen molar-refractivity contribution in [3.05, 3.63) is 29.8 Å².